The first-order valence-electron chi connectivity index (χ1n) is 5.11. The van der Waals surface area contributed by atoms with Gasteiger partial charge in [-0.3, -0.25) is 0 Å². The highest BCUT2D eigenvalue weighted by Gasteiger charge is 2.35. The fourth-order valence-electron chi connectivity index (χ4n) is 2.44. The van der Waals surface area contributed by atoms with Crippen molar-refractivity contribution in [3.63, 3.8) is 0 Å². The zero-order valence-electron chi connectivity index (χ0n) is 9.54. The number of halogens is 1. The Kier molecular flexibility index (Phi) is 2.49. The molecule has 0 fully saturated rings. The number of carboxylic acid groups (broad SMARTS) is 1. The number of hydrogen-bond donors (Lipinski definition) is 1. The van der Waals surface area contributed by atoms with E-state index >= 15 is 0 Å². The number of rotatable bonds is 1. The van der Waals surface area contributed by atoms with E-state index in [2.05, 4.69) is 34.7 Å². The molecule has 0 spiro atoms. The zero-order chi connectivity index (χ0) is 12.1. The van der Waals surface area contributed by atoms with Gasteiger partial charge < -0.3 is 10.0 Å². The van der Waals surface area contributed by atoms with Gasteiger partial charge in [0.2, 0.25) is 0 Å². The predicted molar refractivity (Wildman–Crippen MR) is 67.4 cm³/mol. The third-order valence-corrected chi connectivity index (χ3v) is 3.66. The van der Waals surface area contributed by atoms with Crippen molar-refractivity contribution in [3.05, 3.63) is 27.7 Å². The molecule has 1 aliphatic rings. The first kappa shape index (κ1) is 11.5. The summed E-state index contributed by atoms with van der Waals surface area (Å²) in [6.45, 7) is 5.24. The number of anilines is 1. The normalized spacial score (nSPS) is 17.4. The molecule has 0 radical (unpaired) electrons. The van der Waals surface area contributed by atoms with Crippen molar-refractivity contribution in [2.24, 2.45) is 0 Å². The van der Waals surface area contributed by atoms with Gasteiger partial charge in [0.1, 0.15) is 0 Å². The maximum absolute atomic E-state index is 11.0. The van der Waals surface area contributed by atoms with Gasteiger partial charge in [-0.05, 0) is 17.7 Å². The summed E-state index contributed by atoms with van der Waals surface area (Å²) in [6, 6.07) is 3.43. The van der Waals surface area contributed by atoms with Crippen molar-refractivity contribution >= 4 is 27.6 Å². The fourth-order valence-corrected chi connectivity index (χ4v) is 3.43. The summed E-state index contributed by atoms with van der Waals surface area (Å²) in [5.41, 5.74) is 2.59. The Labute approximate surface area is 103 Å². The molecule has 1 aromatic rings. The molecule has 0 saturated heterocycles. The van der Waals surface area contributed by atoms with Gasteiger partial charge in [0.05, 0.1) is 5.56 Å². The van der Waals surface area contributed by atoms with Crippen LogP contribution in [0.3, 0.4) is 0 Å². The van der Waals surface area contributed by atoms with Crippen LogP contribution in [0, 0.1) is 0 Å². The van der Waals surface area contributed by atoms with Gasteiger partial charge in [-0.1, -0.05) is 29.8 Å². The number of aromatic carboxylic acids is 1. The average molecular weight is 284 g/mol. The molecule has 0 bridgehead atoms. The molecule has 86 valence electrons. The van der Waals surface area contributed by atoms with Gasteiger partial charge in [0.15, 0.2) is 0 Å². The second-order valence-electron chi connectivity index (χ2n) is 4.90. The highest BCUT2D eigenvalue weighted by Crippen LogP contribution is 2.44. The molecule has 0 aromatic heterocycles. The first-order chi connectivity index (χ1) is 7.33. The Bertz CT molecular complexity index is 468. The maximum Gasteiger partial charge on any atom is 0.335 e. The second-order valence-corrected chi connectivity index (χ2v) is 5.75. The second kappa shape index (κ2) is 3.48. The average Bonchev–Trinajstić information content (AvgIpc) is 2.37. The van der Waals surface area contributed by atoms with E-state index < -0.39 is 5.97 Å². The standard InChI is InChI=1S/C12H14BrNO2/c1-12(2)6-14(3)9-5-7(11(15)16)4-8(13)10(9)12/h4-5H,6H2,1-3H3,(H,15,16). The molecule has 1 N–H and O–H groups in total. The number of carbonyl (C=O) groups is 1. The zero-order valence-corrected chi connectivity index (χ0v) is 11.1. The molecule has 1 heterocycles. The van der Waals surface area contributed by atoms with Crippen molar-refractivity contribution in [1.82, 2.24) is 0 Å². The lowest BCUT2D eigenvalue weighted by molar-refractivity contribution is 0.0697. The molecule has 3 nitrogen and oxygen atoms in total. The molecule has 2 rings (SSSR count). The van der Waals surface area contributed by atoms with E-state index in [1.54, 1.807) is 12.1 Å². The Morgan fingerprint density at radius 1 is 1.50 bits per heavy atom. The van der Waals surface area contributed by atoms with Gasteiger partial charge in [0.25, 0.3) is 0 Å². The van der Waals surface area contributed by atoms with Crippen LogP contribution >= 0.6 is 15.9 Å². The van der Waals surface area contributed by atoms with Crippen LogP contribution in [-0.2, 0) is 5.41 Å². The molecular weight excluding hydrogens is 270 g/mol. The molecular formula is C12H14BrNO2. The minimum atomic E-state index is -0.887. The summed E-state index contributed by atoms with van der Waals surface area (Å²) >= 11 is 3.48. The Hall–Kier alpha value is -1.03. The van der Waals surface area contributed by atoms with Crippen LogP contribution in [0.4, 0.5) is 5.69 Å². The number of carboxylic acids is 1. The van der Waals surface area contributed by atoms with E-state index in [9.17, 15) is 4.79 Å². The van der Waals surface area contributed by atoms with Gasteiger partial charge in [-0.15, -0.1) is 0 Å². The molecule has 0 aliphatic carbocycles. The van der Waals surface area contributed by atoms with Gasteiger partial charge >= 0.3 is 5.97 Å². The van der Waals surface area contributed by atoms with Crippen LogP contribution in [-0.4, -0.2) is 24.7 Å². The smallest absolute Gasteiger partial charge is 0.335 e. The summed E-state index contributed by atoms with van der Waals surface area (Å²) < 4.78 is 0.886. The fraction of sp³-hybridized carbons (Fsp3) is 0.417. The lowest BCUT2D eigenvalue weighted by Gasteiger charge is -2.19. The minimum absolute atomic E-state index is 0.0555. The topological polar surface area (TPSA) is 40.5 Å². The summed E-state index contributed by atoms with van der Waals surface area (Å²) in [5.74, 6) is -0.887. The van der Waals surface area contributed by atoms with E-state index in [1.807, 2.05) is 7.05 Å². The molecule has 1 aromatic carbocycles. The highest BCUT2D eigenvalue weighted by atomic mass is 79.9. The van der Waals surface area contributed by atoms with Crippen molar-refractivity contribution in [2.45, 2.75) is 19.3 Å². The third kappa shape index (κ3) is 1.61. The van der Waals surface area contributed by atoms with Crippen LogP contribution in [0.5, 0.6) is 0 Å². The molecule has 0 atom stereocenters. The summed E-state index contributed by atoms with van der Waals surface area (Å²) in [7, 11) is 1.99. The van der Waals surface area contributed by atoms with Crippen molar-refractivity contribution in [2.75, 3.05) is 18.5 Å². The lowest BCUT2D eigenvalue weighted by atomic mass is 9.86. The SMILES string of the molecule is CN1CC(C)(C)c2c(Br)cc(C(=O)O)cc21. The van der Waals surface area contributed by atoms with Crippen LogP contribution in [0.15, 0.2) is 16.6 Å². The van der Waals surface area contributed by atoms with Crippen LogP contribution in [0.25, 0.3) is 0 Å². The van der Waals surface area contributed by atoms with Crippen LogP contribution in [0.1, 0.15) is 29.8 Å². The largest absolute Gasteiger partial charge is 0.478 e. The molecule has 0 amide bonds. The highest BCUT2D eigenvalue weighted by molar-refractivity contribution is 9.10. The number of benzene rings is 1. The van der Waals surface area contributed by atoms with E-state index in [0.29, 0.717) is 5.56 Å². The molecule has 0 saturated carbocycles. The van der Waals surface area contributed by atoms with Gasteiger partial charge in [-0.2, -0.15) is 0 Å². The number of hydrogen-bond acceptors (Lipinski definition) is 2. The Morgan fingerprint density at radius 2 is 2.12 bits per heavy atom. The predicted octanol–water partition coefficient (Wildman–Crippen LogP) is 2.87. The minimum Gasteiger partial charge on any atom is -0.478 e. The molecule has 1 aliphatic heterocycles. The summed E-state index contributed by atoms with van der Waals surface area (Å²) in [6.07, 6.45) is 0. The number of likely N-dealkylation sites (N-methyl/N-ethyl adjacent to an activating group) is 1. The maximum atomic E-state index is 11.0. The molecule has 4 heteroatoms. The number of nitrogens with zero attached hydrogens (tertiary/aromatic N) is 1. The van der Waals surface area contributed by atoms with Gasteiger partial charge in [-0.25, -0.2) is 4.79 Å². The van der Waals surface area contributed by atoms with E-state index in [1.165, 1.54) is 5.56 Å². The van der Waals surface area contributed by atoms with E-state index in [0.717, 1.165) is 16.7 Å². The monoisotopic (exact) mass is 283 g/mol. The van der Waals surface area contributed by atoms with Crippen LogP contribution in [0.2, 0.25) is 0 Å². The van der Waals surface area contributed by atoms with Crippen molar-refractivity contribution in [1.29, 1.82) is 0 Å². The summed E-state index contributed by atoms with van der Waals surface area (Å²) in [4.78, 5) is 13.1. The van der Waals surface area contributed by atoms with Crippen LogP contribution < -0.4 is 4.90 Å². The van der Waals surface area contributed by atoms with E-state index in [4.69, 9.17) is 5.11 Å². The lowest BCUT2D eigenvalue weighted by Crippen LogP contribution is -2.25. The third-order valence-electron chi connectivity index (χ3n) is 3.04. The van der Waals surface area contributed by atoms with Crippen molar-refractivity contribution in [3.8, 4) is 0 Å². The number of fused-ring (bicyclic) bond motifs is 1. The molecule has 0 unspecified atom stereocenters. The molecule has 16 heavy (non-hydrogen) atoms. The first-order valence-corrected chi connectivity index (χ1v) is 5.91. The Morgan fingerprint density at radius 3 is 2.69 bits per heavy atom. The summed E-state index contributed by atoms with van der Waals surface area (Å²) in [5, 5.41) is 9.02. The van der Waals surface area contributed by atoms with Gasteiger partial charge in [0, 0.05) is 29.2 Å². The van der Waals surface area contributed by atoms with E-state index in [-0.39, 0.29) is 5.41 Å². The quantitative estimate of drug-likeness (QED) is 0.862. The Balaban J connectivity index is 2.67. The van der Waals surface area contributed by atoms with Crippen molar-refractivity contribution < 1.29 is 9.90 Å².